The number of rotatable bonds is 12. The summed E-state index contributed by atoms with van der Waals surface area (Å²) in [7, 11) is -3.09. The van der Waals surface area contributed by atoms with Crippen molar-refractivity contribution in [3.63, 3.8) is 0 Å². The number of sulfone groups is 1. The number of aliphatic hydroxyl groups is 1. The van der Waals surface area contributed by atoms with Gasteiger partial charge in [0.15, 0.2) is 9.84 Å². The molecule has 2 saturated heterocycles. The maximum atomic E-state index is 12.1. The molecule has 10 heteroatoms. The molecule has 1 saturated carbocycles. The Labute approximate surface area is 197 Å². The third-order valence-electron chi connectivity index (χ3n) is 6.99. The first-order valence-corrected chi connectivity index (χ1v) is 13.7. The molecule has 1 aromatic carbocycles. The van der Waals surface area contributed by atoms with E-state index in [0.29, 0.717) is 36.8 Å². The largest absolute Gasteiger partial charge is 0.494 e. The van der Waals surface area contributed by atoms with Crippen molar-refractivity contribution in [2.75, 3.05) is 49.3 Å². The number of benzene rings is 1. The van der Waals surface area contributed by atoms with Crippen molar-refractivity contribution in [3.8, 4) is 5.75 Å². The highest BCUT2D eigenvalue weighted by molar-refractivity contribution is 7.91. The molecule has 4 rings (SSSR count). The lowest BCUT2D eigenvalue weighted by Crippen LogP contribution is -2.73. The molecule has 3 fully saturated rings. The lowest BCUT2D eigenvalue weighted by molar-refractivity contribution is -0.0192. The van der Waals surface area contributed by atoms with Crippen molar-refractivity contribution in [2.45, 2.75) is 38.8 Å². The zero-order valence-corrected chi connectivity index (χ0v) is 20.4. The number of carbonyl (C=O) groups is 1. The minimum Gasteiger partial charge on any atom is -0.494 e. The Morgan fingerprint density at radius 3 is 2.64 bits per heavy atom. The van der Waals surface area contributed by atoms with Crippen molar-refractivity contribution in [1.29, 1.82) is 0 Å². The number of hydrogen-bond donors (Lipinski definition) is 4. The maximum absolute atomic E-state index is 12.1. The quantitative estimate of drug-likeness (QED) is 0.326. The van der Waals surface area contributed by atoms with Crippen LogP contribution in [0.5, 0.6) is 5.75 Å². The predicted molar refractivity (Wildman–Crippen MR) is 129 cm³/mol. The molecule has 3 aliphatic rings. The van der Waals surface area contributed by atoms with Gasteiger partial charge in [0.25, 0.3) is 0 Å². The number of hydrogen-bond acceptors (Lipinski definition) is 7. The summed E-state index contributed by atoms with van der Waals surface area (Å²) >= 11 is 0. The van der Waals surface area contributed by atoms with Crippen molar-refractivity contribution in [2.24, 2.45) is 23.5 Å². The molecule has 33 heavy (non-hydrogen) atoms. The Morgan fingerprint density at radius 2 is 2.00 bits per heavy atom. The monoisotopic (exact) mass is 482 g/mol. The Kier molecular flexibility index (Phi) is 8.83. The van der Waals surface area contributed by atoms with Crippen molar-refractivity contribution in [1.82, 2.24) is 10.6 Å². The second kappa shape index (κ2) is 11.4. The van der Waals surface area contributed by atoms with Gasteiger partial charge in [-0.15, -0.1) is 0 Å². The van der Waals surface area contributed by atoms with E-state index >= 15 is 0 Å². The van der Waals surface area contributed by atoms with Gasteiger partial charge in [0.1, 0.15) is 5.75 Å². The van der Waals surface area contributed by atoms with Crippen molar-refractivity contribution < 1.29 is 23.1 Å². The Hall–Kier alpha value is -2.04. The molecule has 0 radical (unpaired) electrons. The molecule has 1 aliphatic carbocycles. The third kappa shape index (κ3) is 6.10. The van der Waals surface area contributed by atoms with Crippen LogP contribution in [-0.4, -0.2) is 76.0 Å². The van der Waals surface area contributed by atoms with E-state index in [0.717, 1.165) is 24.4 Å². The maximum Gasteiger partial charge on any atom is 0.315 e. The topological polar surface area (TPSA) is 134 Å². The van der Waals surface area contributed by atoms with E-state index in [1.165, 1.54) is 0 Å². The molecule has 2 bridgehead atoms. The van der Waals surface area contributed by atoms with Gasteiger partial charge in [-0.25, -0.2) is 13.2 Å². The third-order valence-corrected chi connectivity index (χ3v) is 8.76. The molecular formula is C23H38N4O5S. The number of piperidine rings is 2. The van der Waals surface area contributed by atoms with Crippen LogP contribution >= 0.6 is 0 Å². The average Bonchev–Trinajstić information content (AvgIpc) is 2.80. The lowest BCUT2D eigenvalue weighted by atomic mass is 9.55. The lowest BCUT2D eigenvalue weighted by Gasteiger charge is -2.63. The van der Waals surface area contributed by atoms with Gasteiger partial charge in [-0.1, -0.05) is 13.8 Å². The Morgan fingerprint density at radius 1 is 1.27 bits per heavy atom. The summed E-state index contributed by atoms with van der Waals surface area (Å²) in [4.78, 5) is 14.6. The number of aliphatic hydroxyl groups excluding tert-OH is 1. The Balaban J connectivity index is 1.55. The molecule has 0 spiro atoms. The number of urea groups is 1. The van der Waals surface area contributed by atoms with Gasteiger partial charge in [-0.2, -0.15) is 0 Å². The first-order valence-electron chi connectivity index (χ1n) is 11.9. The fourth-order valence-electron chi connectivity index (χ4n) is 5.37. The first-order chi connectivity index (χ1) is 15.8. The minimum absolute atomic E-state index is 0.0143. The molecule has 3 unspecified atom stereocenters. The van der Waals surface area contributed by atoms with E-state index in [9.17, 15) is 13.2 Å². The van der Waals surface area contributed by atoms with Crippen LogP contribution in [0.2, 0.25) is 0 Å². The first kappa shape index (κ1) is 25.6. The number of ether oxygens (including phenoxy) is 1. The van der Waals surface area contributed by atoms with Gasteiger partial charge in [0.2, 0.25) is 0 Å². The van der Waals surface area contributed by atoms with Crippen molar-refractivity contribution >= 4 is 21.6 Å². The van der Waals surface area contributed by atoms with Crippen LogP contribution in [-0.2, 0) is 9.84 Å². The number of carbonyl (C=O) groups excluding carboxylic acids is 1. The normalized spacial score (nSPS) is 26.4. The van der Waals surface area contributed by atoms with E-state index in [2.05, 4.69) is 41.5 Å². The fraction of sp³-hybridized carbons (Fsp3) is 0.696. The van der Waals surface area contributed by atoms with E-state index in [4.69, 9.17) is 15.6 Å². The van der Waals surface area contributed by atoms with Crippen LogP contribution in [0.4, 0.5) is 10.5 Å². The van der Waals surface area contributed by atoms with Crippen LogP contribution in [0.15, 0.2) is 24.3 Å². The zero-order valence-electron chi connectivity index (χ0n) is 19.6. The summed E-state index contributed by atoms with van der Waals surface area (Å²) in [5.74, 6) is 2.12. The number of amides is 2. The molecule has 0 aromatic heterocycles. The van der Waals surface area contributed by atoms with Gasteiger partial charge >= 0.3 is 6.03 Å². The highest BCUT2D eigenvalue weighted by Gasteiger charge is 2.57. The molecule has 2 amide bonds. The zero-order chi connectivity index (χ0) is 24.0. The highest BCUT2D eigenvalue weighted by Crippen LogP contribution is 2.50. The molecule has 9 nitrogen and oxygen atoms in total. The number of nitrogens with one attached hydrogen (secondary N) is 2. The molecule has 5 atom stereocenters. The van der Waals surface area contributed by atoms with Crippen LogP contribution < -0.4 is 26.0 Å². The number of nitrogens with two attached hydrogens (primary N) is 1. The summed E-state index contributed by atoms with van der Waals surface area (Å²) in [5.41, 5.74) is 6.46. The van der Waals surface area contributed by atoms with E-state index < -0.39 is 9.84 Å². The highest BCUT2D eigenvalue weighted by atomic mass is 32.2. The van der Waals surface area contributed by atoms with Crippen LogP contribution in [0.3, 0.4) is 0 Å². The summed E-state index contributed by atoms with van der Waals surface area (Å²) in [6.07, 6.45) is 1.42. The van der Waals surface area contributed by atoms with Gasteiger partial charge < -0.3 is 31.1 Å². The van der Waals surface area contributed by atoms with Crippen LogP contribution in [0, 0.1) is 17.8 Å². The average molecular weight is 483 g/mol. The molecule has 5 N–H and O–H groups in total. The van der Waals surface area contributed by atoms with Gasteiger partial charge in [-0.05, 0) is 43.0 Å². The van der Waals surface area contributed by atoms with Gasteiger partial charge in [-0.3, -0.25) is 0 Å². The number of anilines is 1. The minimum atomic E-state index is -3.09. The smallest absolute Gasteiger partial charge is 0.315 e. The SMILES string of the molecule is CC[C@@H]1C2C(C)[C@@H](CN1c1ccc(OCCCS(=O)(=O)CCN)cc1)C2NC(=O)NCCO. The fourth-order valence-corrected chi connectivity index (χ4v) is 6.49. The molecule has 2 aliphatic heterocycles. The van der Waals surface area contributed by atoms with Crippen LogP contribution in [0.25, 0.3) is 0 Å². The van der Waals surface area contributed by atoms with E-state index in [1.807, 2.05) is 12.1 Å². The van der Waals surface area contributed by atoms with Gasteiger partial charge in [0.05, 0.1) is 24.7 Å². The molecule has 186 valence electrons. The van der Waals surface area contributed by atoms with Gasteiger partial charge in [0, 0.05) is 49.2 Å². The van der Waals surface area contributed by atoms with E-state index in [1.54, 1.807) is 0 Å². The summed E-state index contributed by atoms with van der Waals surface area (Å²) < 4.78 is 29.2. The van der Waals surface area contributed by atoms with E-state index in [-0.39, 0.29) is 43.3 Å². The standard InChI is InChI=1S/C23H38N4O5S/c1-3-20-21-16(2)19(22(21)26-23(29)25-10-11-28)15-27(20)17-5-7-18(8-6-17)32-12-4-13-33(30,31)14-9-24/h5-8,16,19-22,28H,3-4,9-15,24H2,1-2H3,(H2,25,26,29)/t16?,19-,20-,21?,22?/m1/s1. The second-order valence-electron chi connectivity index (χ2n) is 9.01. The molecular weight excluding hydrogens is 444 g/mol. The van der Waals surface area contributed by atoms with Crippen LogP contribution in [0.1, 0.15) is 26.7 Å². The summed E-state index contributed by atoms with van der Waals surface area (Å²) in [5, 5.41) is 14.7. The number of nitrogens with zero attached hydrogens (tertiary/aromatic N) is 1. The van der Waals surface area contributed by atoms with Crippen molar-refractivity contribution in [3.05, 3.63) is 24.3 Å². The molecule has 1 aromatic rings. The predicted octanol–water partition coefficient (Wildman–Crippen LogP) is 0.970. The molecule has 2 heterocycles. The Bertz CT molecular complexity index is 879. The number of fused-ring (bicyclic) bond motifs is 2. The second-order valence-corrected chi connectivity index (χ2v) is 11.3. The summed E-state index contributed by atoms with van der Waals surface area (Å²) in [6.45, 7) is 6.00. The summed E-state index contributed by atoms with van der Waals surface area (Å²) in [6, 6.07) is 8.22.